The van der Waals surface area contributed by atoms with Crippen molar-refractivity contribution in [3.8, 4) is 11.5 Å². The van der Waals surface area contributed by atoms with Crippen molar-refractivity contribution in [2.24, 2.45) is 5.73 Å². The molecule has 110 valence electrons. The number of rotatable bonds is 3. The molecule has 1 aromatic heterocycles. The minimum atomic E-state index is -0.666. The third kappa shape index (κ3) is 3.17. The Morgan fingerprint density at radius 3 is 2.81 bits per heavy atom. The molecule has 2 aromatic rings. The van der Waals surface area contributed by atoms with Gasteiger partial charge in [-0.05, 0) is 23.6 Å². The Kier molecular flexibility index (Phi) is 4.08. The van der Waals surface area contributed by atoms with Gasteiger partial charge in [0.15, 0.2) is 11.5 Å². The Labute approximate surface area is 126 Å². The molecule has 2 heterocycles. The van der Waals surface area contributed by atoms with E-state index in [1.165, 1.54) is 11.3 Å². The Balaban J connectivity index is 1.73. The number of amides is 1. The van der Waals surface area contributed by atoms with E-state index in [2.05, 4.69) is 5.32 Å². The number of benzene rings is 1. The van der Waals surface area contributed by atoms with Crippen LogP contribution in [0.25, 0.3) is 0 Å². The van der Waals surface area contributed by atoms with Crippen molar-refractivity contribution >= 4 is 22.9 Å². The van der Waals surface area contributed by atoms with Crippen LogP contribution in [0.1, 0.15) is 17.3 Å². The molecule has 1 aliphatic rings. The van der Waals surface area contributed by atoms with Crippen molar-refractivity contribution in [1.29, 1.82) is 0 Å². The van der Waals surface area contributed by atoms with Gasteiger partial charge >= 0.3 is 0 Å². The van der Waals surface area contributed by atoms with E-state index in [9.17, 15) is 4.79 Å². The lowest BCUT2D eigenvalue weighted by Crippen LogP contribution is -2.26. The van der Waals surface area contributed by atoms with E-state index < -0.39 is 6.04 Å². The lowest BCUT2D eigenvalue weighted by atomic mass is 10.2. The second kappa shape index (κ2) is 6.15. The first-order valence-corrected chi connectivity index (χ1v) is 7.61. The summed E-state index contributed by atoms with van der Waals surface area (Å²) in [6.45, 7) is 1.25. The number of carbonyl (C=O) groups is 1. The molecule has 5 nitrogen and oxygen atoms in total. The van der Waals surface area contributed by atoms with E-state index in [4.69, 9.17) is 15.2 Å². The standard InChI is InChI=1S/C15H16N2O3S/c16-14(13-3-1-8-21-13)15(18)17-10-4-5-11-12(9-10)20-7-2-6-19-11/h1,3-5,8-9,14H,2,6-7,16H2,(H,17,18). The monoisotopic (exact) mass is 304 g/mol. The van der Waals surface area contributed by atoms with Gasteiger partial charge in [-0.1, -0.05) is 6.07 Å². The van der Waals surface area contributed by atoms with Crippen LogP contribution in [0.3, 0.4) is 0 Å². The molecular formula is C15H16N2O3S. The first kappa shape index (κ1) is 13.9. The second-order valence-corrected chi connectivity index (χ2v) is 5.67. The van der Waals surface area contributed by atoms with E-state index in [1.54, 1.807) is 18.2 Å². The molecule has 0 spiro atoms. The van der Waals surface area contributed by atoms with Crippen LogP contribution in [0.15, 0.2) is 35.7 Å². The zero-order valence-corrected chi connectivity index (χ0v) is 12.2. The molecule has 0 fully saturated rings. The number of nitrogens with one attached hydrogen (secondary N) is 1. The van der Waals surface area contributed by atoms with E-state index in [-0.39, 0.29) is 5.91 Å². The Hall–Kier alpha value is -2.05. The molecule has 0 aliphatic carbocycles. The lowest BCUT2D eigenvalue weighted by Gasteiger charge is -2.13. The van der Waals surface area contributed by atoms with Gasteiger partial charge in [-0.25, -0.2) is 0 Å². The summed E-state index contributed by atoms with van der Waals surface area (Å²) in [5.74, 6) is 1.11. The summed E-state index contributed by atoms with van der Waals surface area (Å²) < 4.78 is 11.2. The Bertz CT molecular complexity index is 628. The molecule has 1 aromatic carbocycles. The van der Waals surface area contributed by atoms with E-state index >= 15 is 0 Å². The first-order valence-electron chi connectivity index (χ1n) is 6.73. The van der Waals surface area contributed by atoms with Crippen molar-refractivity contribution in [3.05, 3.63) is 40.6 Å². The number of anilines is 1. The van der Waals surface area contributed by atoms with Crippen molar-refractivity contribution in [3.63, 3.8) is 0 Å². The van der Waals surface area contributed by atoms with Crippen molar-refractivity contribution in [2.75, 3.05) is 18.5 Å². The molecule has 0 radical (unpaired) electrons. The third-order valence-electron chi connectivity index (χ3n) is 3.15. The van der Waals surface area contributed by atoms with Gasteiger partial charge in [-0.15, -0.1) is 11.3 Å². The van der Waals surface area contributed by atoms with Crippen molar-refractivity contribution in [2.45, 2.75) is 12.5 Å². The topological polar surface area (TPSA) is 73.6 Å². The van der Waals surface area contributed by atoms with Crippen LogP contribution in [-0.4, -0.2) is 19.1 Å². The molecule has 3 N–H and O–H groups in total. The van der Waals surface area contributed by atoms with Gasteiger partial charge in [0.1, 0.15) is 6.04 Å². The maximum Gasteiger partial charge on any atom is 0.246 e. The van der Waals surface area contributed by atoms with Crippen molar-refractivity contribution in [1.82, 2.24) is 0 Å². The molecule has 1 aliphatic heterocycles. The predicted molar refractivity (Wildman–Crippen MR) is 81.9 cm³/mol. The maximum atomic E-state index is 12.1. The summed E-state index contributed by atoms with van der Waals surface area (Å²) in [5.41, 5.74) is 6.59. The fourth-order valence-electron chi connectivity index (χ4n) is 2.06. The van der Waals surface area contributed by atoms with Gasteiger partial charge in [0.2, 0.25) is 5.91 Å². The minimum Gasteiger partial charge on any atom is -0.490 e. The fourth-order valence-corrected chi connectivity index (χ4v) is 2.78. The van der Waals surface area contributed by atoms with Gasteiger partial charge < -0.3 is 20.5 Å². The number of fused-ring (bicyclic) bond motifs is 1. The highest BCUT2D eigenvalue weighted by Gasteiger charge is 2.18. The van der Waals surface area contributed by atoms with Crippen LogP contribution in [0.2, 0.25) is 0 Å². The van der Waals surface area contributed by atoms with E-state index in [0.29, 0.717) is 30.4 Å². The van der Waals surface area contributed by atoms with E-state index in [0.717, 1.165) is 11.3 Å². The highest BCUT2D eigenvalue weighted by Crippen LogP contribution is 2.32. The fraction of sp³-hybridized carbons (Fsp3) is 0.267. The summed E-state index contributed by atoms with van der Waals surface area (Å²) in [6, 6.07) is 8.41. The molecule has 3 rings (SSSR count). The average Bonchev–Trinajstić information content (AvgIpc) is 2.92. The molecule has 1 unspecified atom stereocenters. The maximum absolute atomic E-state index is 12.1. The Morgan fingerprint density at radius 2 is 2.05 bits per heavy atom. The summed E-state index contributed by atoms with van der Waals surface area (Å²) in [7, 11) is 0. The Morgan fingerprint density at radius 1 is 1.24 bits per heavy atom. The smallest absolute Gasteiger partial charge is 0.246 e. The zero-order chi connectivity index (χ0) is 14.7. The highest BCUT2D eigenvalue weighted by atomic mass is 32.1. The normalized spacial score (nSPS) is 15.1. The number of ether oxygens (including phenoxy) is 2. The van der Waals surface area contributed by atoms with Crippen LogP contribution in [-0.2, 0) is 4.79 Å². The molecule has 0 saturated heterocycles. The molecule has 1 amide bonds. The molecule has 0 bridgehead atoms. The van der Waals surface area contributed by atoms with Crippen molar-refractivity contribution < 1.29 is 14.3 Å². The molecule has 21 heavy (non-hydrogen) atoms. The second-order valence-electron chi connectivity index (χ2n) is 4.69. The zero-order valence-electron chi connectivity index (χ0n) is 11.4. The predicted octanol–water partition coefficient (Wildman–Crippen LogP) is 2.55. The summed E-state index contributed by atoms with van der Waals surface area (Å²) >= 11 is 1.47. The number of hydrogen-bond donors (Lipinski definition) is 2. The molecule has 6 heteroatoms. The summed E-state index contributed by atoms with van der Waals surface area (Å²) in [4.78, 5) is 13.0. The number of thiophene rings is 1. The highest BCUT2D eigenvalue weighted by molar-refractivity contribution is 7.10. The van der Waals surface area contributed by atoms with Gasteiger partial charge in [0, 0.05) is 23.1 Å². The van der Waals surface area contributed by atoms with Crippen LogP contribution in [0.4, 0.5) is 5.69 Å². The van der Waals surface area contributed by atoms with Gasteiger partial charge in [-0.3, -0.25) is 4.79 Å². The SMILES string of the molecule is NC(C(=O)Nc1ccc2c(c1)OCCCO2)c1cccs1. The summed E-state index contributed by atoms with van der Waals surface area (Å²) in [6.07, 6.45) is 0.847. The number of hydrogen-bond acceptors (Lipinski definition) is 5. The number of carbonyl (C=O) groups excluding carboxylic acids is 1. The average molecular weight is 304 g/mol. The van der Waals surface area contributed by atoms with Crippen LogP contribution in [0.5, 0.6) is 11.5 Å². The van der Waals surface area contributed by atoms with Gasteiger partial charge in [-0.2, -0.15) is 0 Å². The molecular weight excluding hydrogens is 288 g/mol. The summed E-state index contributed by atoms with van der Waals surface area (Å²) in [5, 5.41) is 4.71. The largest absolute Gasteiger partial charge is 0.490 e. The van der Waals surface area contributed by atoms with E-state index in [1.807, 2.05) is 17.5 Å². The van der Waals surface area contributed by atoms with Crippen LogP contribution >= 0.6 is 11.3 Å². The van der Waals surface area contributed by atoms with Crippen LogP contribution in [0, 0.1) is 0 Å². The first-order chi connectivity index (χ1) is 10.2. The quantitative estimate of drug-likeness (QED) is 0.914. The molecule has 1 atom stereocenters. The molecule has 0 saturated carbocycles. The lowest BCUT2D eigenvalue weighted by molar-refractivity contribution is -0.117. The van der Waals surface area contributed by atoms with Gasteiger partial charge in [0.05, 0.1) is 13.2 Å². The minimum absolute atomic E-state index is 0.244. The third-order valence-corrected chi connectivity index (χ3v) is 4.10. The van der Waals surface area contributed by atoms with Gasteiger partial charge in [0.25, 0.3) is 0 Å². The van der Waals surface area contributed by atoms with Crippen LogP contribution < -0.4 is 20.5 Å². The number of nitrogens with two attached hydrogens (primary N) is 1.